The summed E-state index contributed by atoms with van der Waals surface area (Å²) in [5, 5.41) is 12.4. The lowest BCUT2D eigenvalue weighted by atomic mass is 10.3. The van der Waals surface area contributed by atoms with Gasteiger partial charge in [-0.2, -0.15) is 0 Å². The summed E-state index contributed by atoms with van der Waals surface area (Å²) < 4.78 is 0.726. The van der Waals surface area contributed by atoms with Gasteiger partial charge in [-0.3, -0.25) is 9.59 Å². The SMILES string of the molecule is CN(Cc1cccs1)C(=O)CSc1nc(CC(=O)O)cs1. The molecule has 0 atom stereocenters. The number of carbonyl (C=O) groups excluding carboxylic acids is 1. The highest BCUT2D eigenvalue weighted by Crippen LogP contribution is 2.23. The third-order valence-corrected chi connectivity index (χ3v) is 5.50. The molecular weight excluding hydrogens is 328 g/mol. The van der Waals surface area contributed by atoms with E-state index in [9.17, 15) is 9.59 Å². The normalized spacial score (nSPS) is 10.5. The first-order valence-corrected chi connectivity index (χ1v) is 8.84. The molecule has 1 N–H and O–H groups in total. The Morgan fingerprint density at radius 3 is 2.90 bits per heavy atom. The smallest absolute Gasteiger partial charge is 0.309 e. The van der Waals surface area contributed by atoms with Gasteiger partial charge in [0.05, 0.1) is 24.4 Å². The molecule has 8 heteroatoms. The number of thiophene rings is 1. The number of hydrogen-bond donors (Lipinski definition) is 1. The van der Waals surface area contributed by atoms with E-state index in [4.69, 9.17) is 5.11 Å². The molecule has 0 unspecified atom stereocenters. The third kappa shape index (κ3) is 5.14. The van der Waals surface area contributed by atoms with Crippen LogP contribution in [0.25, 0.3) is 0 Å². The van der Waals surface area contributed by atoms with Gasteiger partial charge in [-0.05, 0) is 11.4 Å². The Morgan fingerprint density at radius 2 is 2.24 bits per heavy atom. The number of amides is 1. The van der Waals surface area contributed by atoms with E-state index in [1.165, 1.54) is 23.1 Å². The number of nitrogens with zero attached hydrogens (tertiary/aromatic N) is 2. The fourth-order valence-electron chi connectivity index (χ4n) is 1.55. The van der Waals surface area contributed by atoms with Crippen molar-refractivity contribution in [2.45, 2.75) is 17.3 Å². The van der Waals surface area contributed by atoms with Crippen LogP contribution in [0.1, 0.15) is 10.6 Å². The first kappa shape index (κ1) is 16.0. The number of carbonyl (C=O) groups is 2. The van der Waals surface area contributed by atoms with Crippen LogP contribution in [0.15, 0.2) is 27.2 Å². The van der Waals surface area contributed by atoms with E-state index in [0.717, 1.165) is 9.22 Å². The predicted octanol–water partition coefficient (Wildman–Crippen LogP) is 2.58. The Bertz CT molecular complexity index is 610. The summed E-state index contributed by atoms with van der Waals surface area (Å²) in [6.07, 6.45) is -0.0801. The molecule has 0 spiro atoms. The average molecular weight is 342 g/mol. The van der Waals surface area contributed by atoms with Gasteiger partial charge >= 0.3 is 5.97 Å². The zero-order chi connectivity index (χ0) is 15.2. The summed E-state index contributed by atoms with van der Waals surface area (Å²) in [4.78, 5) is 29.6. The van der Waals surface area contributed by atoms with Gasteiger partial charge in [0.25, 0.3) is 0 Å². The molecule has 2 heterocycles. The van der Waals surface area contributed by atoms with Crippen molar-refractivity contribution in [2.24, 2.45) is 0 Å². The summed E-state index contributed by atoms with van der Waals surface area (Å²) in [6, 6.07) is 3.97. The zero-order valence-corrected chi connectivity index (χ0v) is 13.8. The molecule has 1 amide bonds. The minimum absolute atomic E-state index is 0.0309. The average Bonchev–Trinajstić information content (AvgIpc) is 3.07. The Balaban J connectivity index is 1.80. The number of carboxylic acid groups (broad SMARTS) is 1. The van der Waals surface area contributed by atoms with E-state index in [0.29, 0.717) is 18.0 Å². The minimum Gasteiger partial charge on any atom is -0.481 e. The van der Waals surface area contributed by atoms with Gasteiger partial charge in [0.15, 0.2) is 4.34 Å². The Labute approximate surface area is 134 Å². The van der Waals surface area contributed by atoms with Crippen molar-refractivity contribution >= 4 is 46.3 Å². The molecule has 0 aromatic carbocycles. The molecule has 0 aliphatic rings. The summed E-state index contributed by atoms with van der Waals surface area (Å²) in [7, 11) is 1.78. The topological polar surface area (TPSA) is 70.5 Å². The lowest BCUT2D eigenvalue weighted by Gasteiger charge is -2.15. The predicted molar refractivity (Wildman–Crippen MR) is 85.0 cm³/mol. The maximum Gasteiger partial charge on any atom is 0.309 e. The van der Waals surface area contributed by atoms with E-state index in [-0.39, 0.29) is 12.3 Å². The number of carboxylic acids is 1. The Hall–Kier alpha value is -1.38. The lowest BCUT2D eigenvalue weighted by molar-refractivity contribution is -0.136. The largest absolute Gasteiger partial charge is 0.481 e. The van der Waals surface area contributed by atoms with Crippen LogP contribution in [0, 0.1) is 0 Å². The van der Waals surface area contributed by atoms with E-state index >= 15 is 0 Å². The van der Waals surface area contributed by atoms with Crippen LogP contribution in [-0.4, -0.2) is 39.7 Å². The number of aromatic nitrogens is 1. The van der Waals surface area contributed by atoms with Crippen molar-refractivity contribution in [3.8, 4) is 0 Å². The second-order valence-corrected chi connectivity index (χ2v) is 7.41. The molecule has 0 radical (unpaired) electrons. The fraction of sp³-hybridized carbons (Fsp3) is 0.308. The lowest BCUT2D eigenvalue weighted by Crippen LogP contribution is -2.27. The molecular formula is C13H14N2O3S3. The molecule has 5 nitrogen and oxygen atoms in total. The molecule has 2 rings (SSSR count). The van der Waals surface area contributed by atoms with Crippen molar-refractivity contribution in [1.82, 2.24) is 9.88 Å². The quantitative estimate of drug-likeness (QED) is 0.783. The van der Waals surface area contributed by atoms with Crippen LogP contribution in [0.3, 0.4) is 0 Å². The van der Waals surface area contributed by atoms with Crippen molar-refractivity contribution in [2.75, 3.05) is 12.8 Å². The molecule has 0 aliphatic carbocycles. The first-order chi connectivity index (χ1) is 10.0. The van der Waals surface area contributed by atoms with Crippen molar-refractivity contribution in [3.05, 3.63) is 33.5 Å². The summed E-state index contributed by atoms with van der Waals surface area (Å²) in [6.45, 7) is 0.610. The second-order valence-electron chi connectivity index (χ2n) is 4.29. The zero-order valence-electron chi connectivity index (χ0n) is 11.3. The second kappa shape index (κ2) is 7.58. The van der Waals surface area contributed by atoms with Gasteiger partial charge < -0.3 is 10.0 Å². The molecule has 0 saturated carbocycles. The summed E-state index contributed by atoms with van der Waals surface area (Å²) >= 11 is 4.34. The molecule has 2 aromatic rings. The maximum atomic E-state index is 12.0. The van der Waals surface area contributed by atoms with Crippen molar-refractivity contribution in [3.63, 3.8) is 0 Å². The summed E-state index contributed by atoms with van der Waals surface area (Å²) in [5.74, 6) is -0.561. The highest BCUT2D eigenvalue weighted by molar-refractivity contribution is 8.01. The van der Waals surface area contributed by atoms with Gasteiger partial charge in [-0.15, -0.1) is 22.7 Å². The van der Waals surface area contributed by atoms with Gasteiger partial charge in [-0.25, -0.2) is 4.98 Å². The highest BCUT2D eigenvalue weighted by Gasteiger charge is 2.12. The van der Waals surface area contributed by atoms with Crippen molar-refractivity contribution < 1.29 is 14.7 Å². The fourth-order valence-corrected chi connectivity index (χ4v) is 4.09. The molecule has 21 heavy (non-hydrogen) atoms. The molecule has 0 bridgehead atoms. The van der Waals surface area contributed by atoms with Crippen LogP contribution in [0.5, 0.6) is 0 Å². The van der Waals surface area contributed by atoms with E-state index in [2.05, 4.69) is 4.98 Å². The summed E-state index contributed by atoms with van der Waals surface area (Å²) in [5.41, 5.74) is 0.536. The minimum atomic E-state index is -0.899. The van der Waals surface area contributed by atoms with Crippen molar-refractivity contribution in [1.29, 1.82) is 0 Å². The molecule has 2 aromatic heterocycles. The third-order valence-electron chi connectivity index (χ3n) is 2.58. The number of aliphatic carboxylic acids is 1. The van der Waals surface area contributed by atoms with Crippen LogP contribution in [-0.2, 0) is 22.6 Å². The van der Waals surface area contributed by atoms with Gasteiger partial charge in [-0.1, -0.05) is 17.8 Å². The van der Waals surface area contributed by atoms with Crippen LogP contribution in [0.2, 0.25) is 0 Å². The molecule has 112 valence electrons. The Morgan fingerprint density at radius 1 is 1.43 bits per heavy atom. The molecule has 0 aliphatic heterocycles. The molecule has 0 fully saturated rings. The first-order valence-electron chi connectivity index (χ1n) is 6.10. The standard InChI is InChI=1S/C13H14N2O3S3/c1-15(6-10-3-2-4-19-10)11(16)8-21-13-14-9(7-20-13)5-12(17)18/h2-4,7H,5-6,8H2,1H3,(H,17,18). The van der Waals surface area contributed by atoms with Crippen LogP contribution < -0.4 is 0 Å². The van der Waals surface area contributed by atoms with Crippen LogP contribution >= 0.6 is 34.4 Å². The maximum absolute atomic E-state index is 12.0. The Kier molecular flexibility index (Phi) is 5.77. The van der Waals surface area contributed by atoms with Gasteiger partial charge in [0.1, 0.15) is 0 Å². The van der Waals surface area contributed by atoms with Crippen LogP contribution in [0.4, 0.5) is 0 Å². The number of thiazole rings is 1. The van der Waals surface area contributed by atoms with E-state index in [1.807, 2.05) is 17.5 Å². The number of rotatable bonds is 7. The van der Waals surface area contributed by atoms with Gasteiger partial charge in [0, 0.05) is 17.3 Å². The van der Waals surface area contributed by atoms with Gasteiger partial charge in [0.2, 0.25) is 5.91 Å². The monoisotopic (exact) mass is 342 g/mol. The number of thioether (sulfide) groups is 1. The van der Waals surface area contributed by atoms with E-state index < -0.39 is 5.97 Å². The number of hydrogen-bond acceptors (Lipinski definition) is 6. The molecule has 0 saturated heterocycles. The van der Waals surface area contributed by atoms with E-state index in [1.54, 1.807) is 28.7 Å². The highest BCUT2D eigenvalue weighted by atomic mass is 32.2.